The largest absolute Gasteiger partial charge is 0.484 e. The van der Waals surface area contributed by atoms with Crippen LogP contribution in [0.1, 0.15) is 18.1 Å². The summed E-state index contributed by atoms with van der Waals surface area (Å²) in [6.07, 6.45) is 0.947. The van der Waals surface area contributed by atoms with E-state index in [4.69, 9.17) is 17.0 Å². The van der Waals surface area contributed by atoms with E-state index >= 15 is 0 Å². The zero-order valence-corrected chi connectivity index (χ0v) is 14.6. The van der Waals surface area contributed by atoms with E-state index in [1.54, 1.807) is 0 Å². The van der Waals surface area contributed by atoms with Crippen molar-refractivity contribution in [1.29, 1.82) is 0 Å². The summed E-state index contributed by atoms with van der Waals surface area (Å²) in [4.78, 5) is 11.8. The van der Waals surface area contributed by atoms with Gasteiger partial charge in [-0.15, -0.1) is 0 Å². The lowest BCUT2D eigenvalue weighted by Gasteiger charge is -2.12. The van der Waals surface area contributed by atoms with Crippen LogP contribution < -0.4 is 20.9 Å². The van der Waals surface area contributed by atoms with Crippen molar-refractivity contribution in [1.82, 2.24) is 10.9 Å². The molecule has 0 heterocycles. The van der Waals surface area contributed by atoms with Crippen LogP contribution in [0.3, 0.4) is 0 Å². The van der Waals surface area contributed by atoms with Gasteiger partial charge in [0.1, 0.15) is 5.75 Å². The molecule has 5 nitrogen and oxygen atoms in total. The first-order chi connectivity index (χ1) is 11.6. The molecule has 0 radical (unpaired) electrons. The monoisotopic (exact) mass is 343 g/mol. The van der Waals surface area contributed by atoms with Gasteiger partial charge in [0.2, 0.25) is 0 Å². The fraction of sp³-hybridized carbons (Fsp3) is 0.222. The standard InChI is InChI=1S/C18H21N3O2S/c1-3-14-5-4-6-15(11-14)19-18(24)21-20-17(22)12-23-16-9-7-13(2)8-10-16/h4-11H,3,12H2,1-2H3,(H,20,22)(H2,19,21,24). The van der Waals surface area contributed by atoms with Gasteiger partial charge in [-0.2, -0.15) is 0 Å². The fourth-order valence-corrected chi connectivity index (χ4v) is 2.15. The second-order valence-corrected chi connectivity index (χ2v) is 5.69. The van der Waals surface area contributed by atoms with E-state index in [0.717, 1.165) is 17.7 Å². The molecule has 0 spiro atoms. The highest BCUT2D eigenvalue weighted by molar-refractivity contribution is 7.80. The molecular weight excluding hydrogens is 322 g/mol. The van der Waals surface area contributed by atoms with E-state index in [1.165, 1.54) is 5.56 Å². The second-order valence-electron chi connectivity index (χ2n) is 5.28. The van der Waals surface area contributed by atoms with E-state index < -0.39 is 0 Å². The maximum absolute atomic E-state index is 11.8. The summed E-state index contributed by atoms with van der Waals surface area (Å²) in [5.74, 6) is 0.329. The number of benzene rings is 2. The molecule has 3 N–H and O–H groups in total. The Morgan fingerprint density at radius 2 is 1.88 bits per heavy atom. The lowest BCUT2D eigenvalue weighted by molar-refractivity contribution is -0.123. The van der Waals surface area contributed by atoms with Crippen molar-refractivity contribution < 1.29 is 9.53 Å². The number of anilines is 1. The molecule has 2 rings (SSSR count). The highest BCUT2D eigenvalue weighted by atomic mass is 32.1. The number of carbonyl (C=O) groups excluding carboxylic acids is 1. The minimum atomic E-state index is -0.318. The SMILES string of the molecule is CCc1cccc(NC(=S)NNC(=O)COc2ccc(C)cc2)c1. The molecule has 0 saturated carbocycles. The summed E-state index contributed by atoms with van der Waals surface area (Å²) >= 11 is 5.15. The quantitative estimate of drug-likeness (QED) is 0.575. The van der Waals surface area contributed by atoms with Crippen molar-refractivity contribution in [3.63, 3.8) is 0 Å². The second kappa shape index (κ2) is 8.88. The highest BCUT2D eigenvalue weighted by Gasteiger charge is 2.04. The number of hydrogen-bond donors (Lipinski definition) is 3. The Hall–Kier alpha value is -2.60. The molecule has 1 amide bonds. The van der Waals surface area contributed by atoms with Crippen LogP contribution in [-0.2, 0) is 11.2 Å². The van der Waals surface area contributed by atoms with Crippen molar-refractivity contribution in [3.05, 3.63) is 59.7 Å². The molecule has 2 aromatic carbocycles. The van der Waals surface area contributed by atoms with Crippen molar-refractivity contribution in [3.8, 4) is 5.75 Å². The summed E-state index contributed by atoms with van der Waals surface area (Å²) in [6.45, 7) is 3.98. The minimum Gasteiger partial charge on any atom is -0.484 e. The van der Waals surface area contributed by atoms with E-state index in [1.807, 2.05) is 55.5 Å². The lowest BCUT2D eigenvalue weighted by atomic mass is 10.1. The normalized spacial score (nSPS) is 9.92. The molecule has 0 atom stereocenters. The van der Waals surface area contributed by atoms with Crippen molar-refractivity contribution >= 4 is 28.9 Å². The van der Waals surface area contributed by atoms with Crippen LogP contribution in [0, 0.1) is 6.92 Å². The van der Waals surface area contributed by atoms with Crippen molar-refractivity contribution in [2.75, 3.05) is 11.9 Å². The Bertz CT molecular complexity index is 702. The summed E-state index contributed by atoms with van der Waals surface area (Å²) in [6, 6.07) is 15.4. The number of hydrazine groups is 1. The Labute approximate surface area is 147 Å². The first-order valence-corrected chi connectivity index (χ1v) is 8.12. The fourth-order valence-electron chi connectivity index (χ4n) is 1.98. The Morgan fingerprint density at radius 3 is 2.58 bits per heavy atom. The number of hydrogen-bond acceptors (Lipinski definition) is 3. The van der Waals surface area contributed by atoms with Crippen LogP contribution in [0.25, 0.3) is 0 Å². The summed E-state index contributed by atoms with van der Waals surface area (Å²) in [5.41, 5.74) is 8.36. The Morgan fingerprint density at radius 1 is 1.12 bits per heavy atom. The van der Waals surface area contributed by atoms with E-state index in [2.05, 4.69) is 23.1 Å². The molecule has 0 aliphatic rings. The zero-order valence-electron chi connectivity index (χ0n) is 13.8. The molecule has 0 fully saturated rings. The van der Waals surface area contributed by atoms with Gasteiger partial charge in [0.15, 0.2) is 11.7 Å². The van der Waals surface area contributed by atoms with Crippen LogP contribution in [0.2, 0.25) is 0 Å². The van der Waals surface area contributed by atoms with Crippen LogP contribution in [0.4, 0.5) is 5.69 Å². The molecule has 0 saturated heterocycles. The Kier molecular flexibility index (Phi) is 6.57. The van der Waals surface area contributed by atoms with Crippen LogP contribution >= 0.6 is 12.2 Å². The number of thiocarbonyl (C=S) groups is 1. The molecule has 0 aromatic heterocycles. The smallest absolute Gasteiger partial charge is 0.276 e. The van der Waals surface area contributed by atoms with Gasteiger partial charge in [0, 0.05) is 5.69 Å². The predicted molar refractivity (Wildman–Crippen MR) is 100.0 cm³/mol. The molecule has 0 unspecified atom stereocenters. The van der Waals surface area contributed by atoms with Crippen LogP contribution in [0.15, 0.2) is 48.5 Å². The van der Waals surface area contributed by atoms with Gasteiger partial charge < -0.3 is 10.1 Å². The first-order valence-electron chi connectivity index (χ1n) is 7.71. The van der Waals surface area contributed by atoms with Gasteiger partial charge in [-0.25, -0.2) is 0 Å². The zero-order chi connectivity index (χ0) is 17.4. The van der Waals surface area contributed by atoms with E-state index in [0.29, 0.717) is 10.9 Å². The third-order valence-electron chi connectivity index (χ3n) is 3.30. The third-order valence-corrected chi connectivity index (χ3v) is 3.50. The lowest BCUT2D eigenvalue weighted by Crippen LogP contribution is -2.45. The van der Waals surface area contributed by atoms with E-state index in [-0.39, 0.29) is 12.5 Å². The van der Waals surface area contributed by atoms with Gasteiger partial charge in [0.25, 0.3) is 5.91 Å². The minimum absolute atomic E-state index is 0.0933. The average Bonchev–Trinajstić information content (AvgIpc) is 2.59. The number of ether oxygens (including phenoxy) is 1. The topological polar surface area (TPSA) is 62.4 Å². The molecule has 0 bridgehead atoms. The van der Waals surface area contributed by atoms with Crippen molar-refractivity contribution in [2.45, 2.75) is 20.3 Å². The third kappa shape index (κ3) is 5.89. The van der Waals surface area contributed by atoms with Crippen LogP contribution in [-0.4, -0.2) is 17.6 Å². The van der Waals surface area contributed by atoms with Gasteiger partial charge in [-0.1, -0.05) is 36.8 Å². The van der Waals surface area contributed by atoms with Gasteiger partial charge in [0.05, 0.1) is 0 Å². The number of amides is 1. The van der Waals surface area contributed by atoms with Gasteiger partial charge >= 0.3 is 0 Å². The predicted octanol–water partition coefficient (Wildman–Crippen LogP) is 2.95. The van der Waals surface area contributed by atoms with Crippen LogP contribution in [0.5, 0.6) is 5.75 Å². The Balaban J connectivity index is 1.72. The molecule has 126 valence electrons. The maximum Gasteiger partial charge on any atom is 0.276 e. The number of nitrogens with one attached hydrogen (secondary N) is 3. The van der Waals surface area contributed by atoms with Gasteiger partial charge in [-0.05, 0) is 55.4 Å². The average molecular weight is 343 g/mol. The maximum atomic E-state index is 11.8. The molecule has 2 aromatic rings. The molecule has 6 heteroatoms. The van der Waals surface area contributed by atoms with Gasteiger partial charge in [-0.3, -0.25) is 15.6 Å². The molecule has 0 aliphatic carbocycles. The molecular formula is C18H21N3O2S. The summed E-state index contributed by atoms with van der Waals surface area (Å²) in [5, 5.41) is 3.33. The summed E-state index contributed by atoms with van der Waals surface area (Å²) in [7, 11) is 0. The summed E-state index contributed by atoms with van der Waals surface area (Å²) < 4.78 is 5.39. The first kappa shape index (κ1) is 17.7. The van der Waals surface area contributed by atoms with E-state index in [9.17, 15) is 4.79 Å². The van der Waals surface area contributed by atoms with Crippen molar-refractivity contribution in [2.24, 2.45) is 0 Å². The number of aryl methyl sites for hydroxylation is 2. The highest BCUT2D eigenvalue weighted by Crippen LogP contribution is 2.11. The molecule has 24 heavy (non-hydrogen) atoms. The number of rotatable bonds is 5. The molecule has 0 aliphatic heterocycles. The number of carbonyl (C=O) groups is 1.